The summed E-state index contributed by atoms with van der Waals surface area (Å²) in [5, 5.41) is 3.95. The molecule has 2 N–H and O–H groups in total. The largest absolute Gasteiger partial charge is 0.339 e. The molecule has 0 radical (unpaired) electrons. The number of nitrogens with two attached hydrogens (primary N) is 1. The normalized spacial score (nSPS) is 14.4. The van der Waals surface area contributed by atoms with Crippen LogP contribution < -0.4 is 5.73 Å². The first kappa shape index (κ1) is 13.2. The Hall–Kier alpha value is -1.20. The Morgan fingerprint density at radius 3 is 2.89 bits per heavy atom. The number of nitrogens with zero attached hydrogens (tertiary/aromatic N) is 2. The summed E-state index contributed by atoms with van der Waals surface area (Å²) in [5.41, 5.74) is 6.67. The molecule has 2 rings (SSSR count). The minimum Gasteiger partial charge on any atom is -0.339 e. The molecule has 1 aromatic carbocycles. The van der Waals surface area contributed by atoms with Gasteiger partial charge in [-0.3, -0.25) is 0 Å². The fraction of sp³-hybridized carbons (Fsp3) is 0.385. The first-order chi connectivity index (χ1) is 8.51. The summed E-state index contributed by atoms with van der Waals surface area (Å²) in [6.07, 6.45) is 1.38. The van der Waals surface area contributed by atoms with Crippen molar-refractivity contribution in [2.75, 3.05) is 0 Å². The second-order valence-corrected chi connectivity index (χ2v) is 5.51. The smallest absolute Gasteiger partial charge is 0.231 e. The number of aromatic nitrogens is 2. The van der Waals surface area contributed by atoms with Gasteiger partial charge in [0.25, 0.3) is 0 Å². The average Bonchev–Trinajstić information content (AvgIpc) is 2.78. The quantitative estimate of drug-likeness (QED) is 0.943. The van der Waals surface area contributed by atoms with E-state index in [0.717, 1.165) is 16.5 Å². The molecule has 1 heterocycles. The molecular formula is C13H16BrN3O. The van der Waals surface area contributed by atoms with E-state index in [-0.39, 0.29) is 0 Å². The summed E-state index contributed by atoms with van der Waals surface area (Å²) < 4.78 is 6.28. The van der Waals surface area contributed by atoms with Gasteiger partial charge in [-0.1, -0.05) is 40.1 Å². The van der Waals surface area contributed by atoms with Crippen LogP contribution in [0.3, 0.4) is 0 Å². The molecule has 2 aromatic rings. The number of rotatable bonds is 4. The molecule has 1 aromatic heterocycles. The van der Waals surface area contributed by atoms with Gasteiger partial charge in [0.1, 0.15) is 0 Å². The van der Waals surface area contributed by atoms with Crippen LogP contribution in [0.1, 0.15) is 37.5 Å². The molecular weight excluding hydrogens is 294 g/mol. The molecule has 0 bridgehead atoms. The van der Waals surface area contributed by atoms with Crippen LogP contribution in [0, 0.1) is 0 Å². The molecule has 0 fully saturated rings. The maximum Gasteiger partial charge on any atom is 0.231 e. The number of hydrogen-bond acceptors (Lipinski definition) is 4. The standard InChI is InChI=1S/C13H16BrN3O/c1-3-13(2,15)12-16-11(18-17-12)8-9-5-4-6-10(14)7-9/h4-7H,3,8,15H2,1-2H3. The summed E-state index contributed by atoms with van der Waals surface area (Å²) in [5.74, 6) is 1.16. The van der Waals surface area contributed by atoms with Crippen molar-refractivity contribution in [3.05, 3.63) is 46.0 Å². The Bertz CT molecular complexity index is 537. The lowest BCUT2D eigenvalue weighted by molar-refractivity contribution is 0.356. The Kier molecular flexibility index (Phi) is 3.82. The van der Waals surface area contributed by atoms with Gasteiger partial charge in [-0.2, -0.15) is 4.98 Å². The number of halogens is 1. The topological polar surface area (TPSA) is 64.9 Å². The van der Waals surface area contributed by atoms with Gasteiger partial charge in [0.05, 0.1) is 12.0 Å². The van der Waals surface area contributed by atoms with Crippen LogP contribution >= 0.6 is 15.9 Å². The summed E-state index contributed by atoms with van der Waals surface area (Å²) in [7, 11) is 0. The van der Waals surface area contributed by atoms with Crippen LogP contribution in [0.4, 0.5) is 0 Å². The van der Waals surface area contributed by atoms with Crippen LogP contribution in [0.5, 0.6) is 0 Å². The maximum atomic E-state index is 6.08. The average molecular weight is 310 g/mol. The Morgan fingerprint density at radius 2 is 2.22 bits per heavy atom. The molecule has 1 atom stereocenters. The highest BCUT2D eigenvalue weighted by atomic mass is 79.9. The molecule has 0 saturated carbocycles. The van der Waals surface area contributed by atoms with Crippen LogP contribution in [0.2, 0.25) is 0 Å². The van der Waals surface area contributed by atoms with E-state index in [1.807, 2.05) is 38.1 Å². The molecule has 0 saturated heterocycles. The second-order valence-electron chi connectivity index (χ2n) is 4.59. The fourth-order valence-electron chi connectivity index (χ4n) is 1.54. The molecule has 0 aliphatic carbocycles. The molecule has 0 aliphatic rings. The van der Waals surface area contributed by atoms with Crippen molar-refractivity contribution in [1.29, 1.82) is 0 Å². The van der Waals surface area contributed by atoms with Crippen LogP contribution in [0.25, 0.3) is 0 Å². The van der Waals surface area contributed by atoms with Gasteiger partial charge in [0, 0.05) is 4.47 Å². The van der Waals surface area contributed by atoms with Crippen LogP contribution in [0.15, 0.2) is 33.3 Å². The van der Waals surface area contributed by atoms with Crippen molar-refractivity contribution in [3.63, 3.8) is 0 Å². The zero-order chi connectivity index (χ0) is 13.2. The van der Waals surface area contributed by atoms with Crippen molar-refractivity contribution in [1.82, 2.24) is 10.1 Å². The predicted octanol–water partition coefficient (Wildman–Crippen LogP) is 3.01. The van der Waals surface area contributed by atoms with E-state index in [1.165, 1.54) is 0 Å². The Balaban J connectivity index is 2.16. The van der Waals surface area contributed by atoms with Gasteiger partial charge in [0.2, 0.25) is 5.89 Å². The first-order valence-corrected chi connectivity index (χ1v) is 6.67. The van der Waals surface area contributed by atoms with Crippen molar-refractivity contribution in [2.24, 2.45) is 5.73 Å². The highest BCUT2D eigenvalue weighted by molar-refractivity contribution is 9.10. The maximum absolute atomic E-state index is 6.08. The Morgan fingerprint density at radius 1 is 1.44 bits per heavy atom. The number of benzene rings is 1. The van der Waals surface area contributed by atoms with E-state index in [2.05, 4.69) is 26.1 Å². The third-order valence-electron chi connectivity index (χ3n) is 2.96. The molecule has 4 nitrogen and oxygen atoms in total. The van der Waals surface area contributed by atoms with Crippen molar-refractivity contribution >= 4 is 15.9 Å². The van der Waals surface area contributed by atoms with Crippen molar-refractivity contribution < 1.29 is 4.52 Å². The minimum absolute atomic E-state index is 0.529. The van der Waals surface area contributed by atoms with Crippen LogP contribution in [-0.2, 0) is 12.0 Å². The minimum atomic E-state index is -0.529. The van der Waals surface area contributed by atoms with Gasteiger partial charge in [-0.15, -0.1) is 0 Å². The summed E-state index contributed by atoms with van der Waals surface area (Å²) >= 11 is 3.44. The summed E-state index contributed by atoms with van der Waals surface area (Å²) in [6.45, 7) is 3.91. The number of hydrogen-bond donors (Lipinski definition) is 1. The molecule has 96 valence electrons. The van der Waals surface area contributed by atoms with Gasteiger partial charge in [-0.05, 0) is 31.0 Å². The molecule has 5 heteroatoms. The SMILES string of the molecule is CCC(C)(N)c1noc(Cc2cccc(Br)c2)n1. The second kappa shape index (κ2) is 5.20. The summed E-state index contributed by atoms with van der Waals surface area (Å²) in [6, 6.07) is 8.02. The molecule has 0 spiro atoms. The van der Waals surface area contributed by atoms with E-state index >= 15 is 0 Å². The predicted molar refractivity (Wildman–Crippen MR) is 73.1 cm³/mol. The summed E-state index contributed by atoms with van der Waals surface area (Å²) in [4.78, 5) is 4.36. The monoisotopic (exact) mass is 309 g/mol. The van der Waals surface area contributed by atoms with Gasteiger partial charge < -0.3 is 10.3 Å². The van der Waals surface area contributed by atoms with Gasteiger partial charge in [0.15, 0.2) is 5.82 Å². The van der Waals surface area contributed by atoms with E-state index in [1.54, 1.807) is 0 Å². The zero-order valence-corrected chi connectivity index (χ0v) is 12.1. The third kappa shape index (κ3) is 2.97. The third-order valence-corrected chi connectivity index (χ3v) is 3.45. The lowest BCUT2D eigenvalue weighted by Crippen LogP contribution is -2.33. The highest BCUT2D eigenvalue weighted by Crippen LogP contribution is 2.19. The van der Waals surface area contributed by atoms with Gasteiger partial charge >= 0.3 is 0 Å². The Labute approximate surface area is 115 Å². The lowest BCUT2D eigenvalue weighted by atomic mass is 10.00. The van der Waals surface area contributed by atoms with E-state index < -0.39 is 5.54 Å². The van der Waals surface area contributed by atoms with Gasteiger partial charge in [-0.25, -0.2) is 0 Å². The first-order valence-electron chi connectivity index (χ1n) is 5.87. The molecule has 0 amide bonds. The van der Waals surface area contributed by atoms with E-state index in [0.29, 0.717) is 18.1 Å². The van der Waals surface area contributed by atoms with E-state index in [9.17, 15) is 0 Å². The highest BCUT2D eigenvalue weighted by Gasteiger charge is 2.25. The van der Waals surface area contributed by atoms with Crippen molar-refractivity contribution in [3.8, 4) is 0 Å². The van der Waals surface area contributed by atoms with E-state index in [4.69, 9.17) is 10.3 Å². The molecule has 18 heavy (non-hydrogen) atoms. The van der Waals surface area contributed by atoms with Crippen molar-refractivity contribution in [2.45, 2.75) is 32.2 Å². The molecule has 0 aliphatic heterocycles. The molecule has 1 unspecified atom stereocenters. The van der Waals surface area contributed by atoms with Crippen LogP contribution in [-0.4, -0.2) is 10.1 Å². The fourth-order valence-corrected chi connectivity index (χ4v) is 1.98. The zero-order valence-electron chi connectivity index (χ0n) is 10.5. The lowest BCUT2D eigenvalue weighted by Gasteiger charge is -2.16.